The Balaban J connectivity index is 2.30. The van der Waals surface area contributed by atoms with Gasteiger partial charge in [0.05, 0.1) is 6.26 Å². The molecule has 1 N–H and O–H groups in total. The number of rotatable bonds is 8. The zero-order valence-electron chi connectivity index (χ0n) is 16.4. The normalized spacial score (nSPS) is 16.2. The van der Waals surface area contributed by atoms with Gasteiger partial charge < -0.3 is 10.2 Å². The van der Waals surface area contributed by atoms with Crippen molar-refractivity contribution in [1.29, 1.82) is 0 Å². The quantitative estimate of drug-likeness (QED) is 0.751. The molecular formula is C19H31N3O3S. The van der Waals surface area contributed by atoms with Crippen LogP contribution in [0.15, 0.2) is 18.2 Å². The molecule has 0 bridgehead atoms. The summed E-state index contributed by atoms with van der Waals surface area (Å²) in [6, 6.07) is 5.62. The molecule has 1 aliphatic carbocycles. The Kier molecular flexibility index (Phi) is 6.69. The lowest BCUT2D eigenvalue weighted by Gasteiger charge is -2.29. The van der Waals surface area contributed by atoms with Crippen LogP contribution >= 0.6 is 0 Å². The minimum absolute atomic E-state index is 0.0571. The molecule has 0 radical (unpaired) electrons. The van der Waals surface area contributed by atoms with Crippen LogP contribution in [0.1, 0.15) is 45.1 Å². The minimum Gasteiger partial charge on any atom is -0.377 e. The topological polar surface area (TPSA) is 69.7 Å². The molecule has 7 heteroatoms. The summed E-state index contributed by atoms with van der Waals surface area (Å²) < 4.78 is 26.0. The Morgan fingerprint density at radius 2 is 1.96 bits per heavy atom. The molecule has 1 atom stereocenters. The molecule has 2 rings (SSSR count). The van der Waals surface area contributed by atoms with Gasteiger partial charge >= 0.3 is 0 Å². The average Bonchev–Trinajstić information content (AvgIpc) is 2.48. The third kappa shape index (κ3) is 4.98. The van der Waals surface area contributed by atoms with Crippen LogP contribution in [0, 0.1) is 5.92 Å². The van der Waals surface area contributed by atoms with E-state index in [1.807, 2.05) is 51.0 Å². The summed E-state index contributed by atoms with van der Waals surface area (Å²) in [7, 11) is 0.526. The third-order valence-corrected chi connectivity index (χ3v) is 6.48. The molecule has 1 aromatic carbocycles. The first-order valence-electron chi connectivity index (χ1n) is 9.21. The van der Waals surface area contributed by atoms with Crippen LogP contribution in [0.25, 0.3) is 0 Å². The van der Waals surface area contributed by atoms with E-state index < -0.39 is 10.0 Å². The maximum atomic E-state index is 12.3. The standard InChI is InChI=1S/C19H31N3O3S/c1-6-14(2)22(26(5,24)25)13-16-12-17(10-11-18(16)21(3)4)20-19(23)15-8-7-9-15/h10-12,14-15H,6-9,13H2,1-5H3,(H,20,23). The molecular weight excluding hydrogens is 350 g/mol. The molecule has 0 spiro atoms. The maximum Gasteiger partial charge on any atom is 0.227 e. The van der Waals surface area contributed by atoms with Crippen molar-refractivity contribution in [2.24, 2.45) is 5.92 Å². The summed E-state index contributed by atoms with van der Waals surface area (Å²) in [5.74, 6) is 0.168. The minimum atomic E-state index is -3.33. The largest absolute Gasteiger partial charge is 0.377 e. The number of anilines is 2. The molecule has 0 aliphatic heterocycles. The van der Waals surface area contributed by atoms with Crippen molar-refractivity contribution in [1.82, 2.24) is 4.31 Å². The van der Waals surface area contributed by atoms with Gasteiger partial charge in [-0.25, -0.2) is 8.42 Å². The number of benzene rings is 1. The van der Waals surface area contributed by atoms with Gasteiger partial charge in [0.2, 0.25) is 15.9 Å². The monoisotopic (exact) mass is 381 g/mol. The fourth-order valence-corrected chi connectivity index (χ4v) is 4.29. The van der Waals surface area contributed by atoms with Gasteiger partial charge in [-0.05, 0) is 49.9 Å². The molecule has 26 heavy (non-hydrogen) atoms. The first kappa shape index (κ1) is 20.7. The fraction of sp³-hybridized carbons (Fsp3) is 0.632. The second-order valence-corrected chi connectivity index (χ2v) is 9.36. The van der Waals surface area contributed by atoms with Crippen molar-refractivity contribution >= 4 is 27.3 Å². The highest BCUT2D eigenvalue weighted by Crippen LogP contribution is 2.30. The summed E-state index contributed by atoms with van der Waals surface area (Å²) >= 11 is 0. The first-order chi connectivity index (χ1) is 12.1. The van der Waals surface area contributed by atoms with Crippen LogP contribution in [-0.4, -0.2) is 45.0 Å². The lowest BCUT2D eigenvalue weighted by Crippen LogP contribution is -2.37. The molecule has 146 valence electrons. The molecule has 0 aromatic heterocycles. The van der Waals surface area contributed by atoms with E-state index in [2.05, 4.69) is 5.32 Å². The van der Waals surface area contributed by atoms with E-state index in [1.54, 1.807) is 0 Å². The number of amides is 1. The zero-order valence-corrected chi connectivity index (χ0v) is 17.3. The first-order valence-corrected chi connectivity index (χ1v) is 11.1. The summed E-state index contributed by atoms with van der Waals surface area (Å²) in [5.41, 5.74) is 2.55. The number of carbonyl (C=O) groups is 1. The Morgan fingerprint density at radius 3 is 2.42 bits per heavy atom. The van der Waals surface area contributed by atoms with E-state index in [4.69, 9.17) is 0 Å². The Morgan fingerprint density at radius 1 is 1.31 bits per heavy atom. The van der Waals surface area contributed by atoms with Crippen LogP contribution in [0.5, 0.6) is 0 Å². The van der Waals surface area contributed by atoms with Gasteiger partial charge in [-0.1, -0.05) is 13.3 Å². The Bertz CT molecular complexity index is 742. The Labute approximate surface area is 157 Å². The molecule has 0 heterocycles. The number of nitrogens with zero attached hydrogens (tertiary/aromatic N) is 2. The van der Waals surface area contributed by atoms with Crippen LogP contribution in [0.4, 0.5) is 11.4 Å². The predicted octanol–water partition coefficient (Wildman–Crippen LogP) is 3.05. The van der Waals surface area contributed by atoms with E-state index in [-0.39, 0.29) is 24.4 Å². The number of carbonyl (C=O) groups excluding carboxylic acids is 1. The van der Waals surface area contributed by atoms with Crippen molar-refractivity contribution in [2.45, 2.75) is 52.1 Å². The van der Waals surface area contributed by atoms with Crippen LogP contribution in [0.3, 0.4) is 0 Å². The molecule has 1 aliphatic rings. The predicted molar refractivity (Wildman–Crippen MR) is 107 cm³/mol. The molecule has 1 amide bonds. The molecule has 0 saturated heterocycles. The van der Waals surface area contributed by atoms with Crippen LogP contribution < -0.4 is 10.2 Å². The number of hydrogen-bond acceptors (Lipinski definition) is 4. The Hall–Kier alpha value is -1.60. The van der Waals surface area contributed by atoms with Gasteiger partial charge in [0.1, 0.15) is 0 Å². The third-order valence-electron chi connectivity index (χ3n) is 5.14. The summed E-state index contributed by atoms with van der Waals surface area (Å²) in [4.78, 5) is 14.2. The van der Waals surface area contributed by atoms with Crippen molar-refractivity contribution in [3.05, 3.63) is 23.8 Å². The highest BCUT2D eigenvalue weighted by atomic mass is 32.2. The van der Waals surface area contributed by atoms with Gasteiger partial charge in [0.15, 0.2) is 0 Å². The van der Waals surface area contributed by atoms with E-state index in [0.717, 1.165) is 42.6 Å². The van der Waals surface area contributed by atoms with E-state index in [0.29, 0.717) is 0 Å². The van der Waals surface area contributed by atoms with Gasteiger partial charge in [0, 0.05) is 44.0 Å². The fourth-order valence-electron chi connectivity index (χ4n) is 3.11. The SMILES string of the molecule is CCC(C)N(Cc1cc(NC(=O)C2CCC2)ccc1N(C)C)S(C)(=O)=O. The van der Waals surface area contributed by atoms with Crippen LogP contribution in [0.2, 0.25) is 0 Å². The van der Waals surface area contributed by atoms with Gasteiger partial charge in [-0.15, -0.1) is 0 Å². The molecule has 1 saturated carbocycles. The summed E-state index contributed by atoms with van der Waals surface area (Å²) in [5, 5.41) is 2.98. The second-order valence-electron chi connectivity index (χ2n) is 7.42. The van der Waals surface area contributed by atoms with Crippen molar-refractivity contribution in [2.75, 3.05) is 30.6 Å². The van der Waals surface area contributed by atoms with E-state index in [9.17, 15) is 13.2 Å². The molecule has 1 aromatic rings. The average molecular weight is 382 g/mol. The van der Waals surface area contributed by atoms with Gasteiger partial charge in [-0.3, -0.25) is 4.79 Å². The second kappa shape index (κ2) is 8.39. The number of sulfonamides is 1. The highest BCUT2D eigenvalue weighted by Gasteiger charge is 2.26. The van der Waals surface area contributed by atoms with Crippen molar-refractivity contribution < 1.29 is 13.2 Å². The smallest absolute Gasteiger partial charge is 0.227 e. The highest BCUT2D eigenvalue weighted by molar-refractivity contribution is 7.88. The molecule has 1 fully saturated rings. The lowest BCUT2D eigenvalue weighted by molar-refractivity contribution is -0.122. The number of hydrogen-bond donors (Lipinski definition) is 1. The lowest BCUT2D eigenvalue weighted by atomic mass is 9.85. The van der Waals surface area contributed by atoms with Crippen LogP contribution in [-0.2, 0) is 21.4 Å². The maximum absolute atomic E-state index is 12.3. The van der Waals surface area contributed by atoms with Gasteiger partial charge in [-0.2, -0.15) is 4.31 Å². The van der Waals surface area contributed by atoms with Gasteiger partial charge in [0.25, 0.3) is 0 Å². The molecule has 1 unspecified atom stereocenters. The molecule has 6 nitrogen and oxygen atoms in total. The summed E-state index contributed by atoms with van der Waals surface area (Å²) in [6.45, 7) is 4.18. The summed E-state index contributed by atoms with van der Waals surface area (Å²) in [6.07, 6.45) is 5.00. The number of nitrogens with one attached hydrogen (secondary N) is 1. The van der Waals surface area contributed by atoms with Crippen molar-refractivity contribution in [3.63, 3.8) is 0 Å². The van der Waals surface area contributed by atoms with Crippen molar-refractivity contribution in [3.8, 4) is 0 Å². The van der Waals surface area contributed by atoms with E-state index in [1.165, 1.54) is 10.6 Å². The van der Waals surface area contributed by atoms with E-state index >= 15 is 0 Å². The zero-order chi connectivity index (χ0) is 19.5.